The number of aromatic nitrogens is 2. The van der Waals surface area contributed by atoms with Crippen LogP contribution in [0.1, 0.15) is 48.7 Å². The Hall–Kier alpha value is -2.83. The SMILES string of the molecule is CCC1CCCCN1C(=O)c1cnc(NCc2ccc3c(c2)OCO3)cn1. The van der Waals surface area contributed by atoms with E-state index in [1.165, 1.54) is 6.42 Å². The fourth-order valence-electron chi connectivity index (χ4n) is 3.61. The van der Waals surface area contributed by atoms with Crippen LogP contribution in [0.15, 0.2) is 30.6 Å². The van der Waals surface area contributed by atoms with Gasteiger partial charge in [-0.15, -0.1) is 0 Å². The number of hydrogen-bond donors (Lipinski definition) is 1. The Labute approximate surface area is 158 Å². The lowest BCUT2D eigenvalue weighted by molar-refractivity contribution is 0.0601. The van der Waals surface area contributed by atoms with Crippen LogP contribution in [0, 0.1) is 0 Å². The van der Waals surface area contributed by atoms with Crippen molar-refractivity contribution in [2.45, 2.75) is 45.2 Å². The van der Waals surface area contributed by atoms with E-state index in [9.17, 15) is 4.79 Å². The molecule has 0 bridgehead atoms. The van der Waals surface area contributed by atoms with Crippen molar-refractivity contribution in [3.8, 4) is 11.5 Å². The van der Waals surface area contributed by atoms with Crippen LogP contribution < -0.4 is 14.8 Å². The third-order valence-corrected chi connectivity index (χ3v) is 5.14. The predicted molar refractivity (Wildman–Crippen MR) is 101 cm³/mol. The van der Waals surface area contributed by atoms with Gasteiger partial charge in [-0.25, -0.2) is 9.97 Å². The van der Waals surface area contributed by atoms with Gasteiger partial charge in [-0.3, -0.25) is 4.79 Å². The van der Waals surface area contributed by atoms with Crippen molar-refractivity contribution in [3.63, 3.8) is 0 Å². The molecule has 0 saturated carbocycles. The molecule has 27 heavy (non-hydrogen) atoms. The van der Waals surface area contributed by atoms with Crippen LogP contribution in [0.25, 0.3) is 0 Å². The van der Waals surface area contributed by atoms with Gasteiger partial charge in [0.2, 0.25) is 6.79 Å². The maximum absolute atomic E-state index is 12.7. The number of rotatable bonds is 5. The lowest BCUT2D eigenvalue weighted by Gasteiger charge is -2.34. The summed E-state index contributed by atoms with van der Waals surface area (Å²) in [5.74, 6) is 2.14. The van der Waals surface area contributed by atoms with Crippen LogP contribution in [0.3, 0.4) is 0 Å². The van der Waals surface area contributed by atoms with E-state index in [4.69, 9.17) is 9.47 Å². The predicted octanol–water partition coefficient (Wildman–Crippen LogP) is 3.22. The topological polar surface area (TPSA) is 76.6 Å². The molecule has 2 aromatic rings. The summed E-state index contributed by atoms with van der Waals surface area (Å²) >= 11 is 0. The van der Waals surface area contributed by atoms with Gasteiger partial charge in [0.1, 0.15) is 11.5 Å². The summed E-state index contributed by atoms with van der Waals surface area (Å²) in [6.07, 6.45) is 7.48. The summed E-state index contributed by atoms with van der Waals surface area (Å²) in [6.45, 7) is 3.79. The number of nitrogens with one attached hydrogen (secondary N) is 1. The first-order chi connectivity index (χ1) is 13.2. The van der Waals surface area contributed by atoms with Gasteiger partial charge in [0.05, 0.1) is 12.4 Å². The van der Waals surface area contributed by atoms with E-state index in [1.807, 2.05) is 23.1 Å². The van der Waals surface area contributed by atoms with Crippen molar-refractivity contribution >= 4 is 11.7 Å². The van der Waals surface area contributed by atoms with Gasteiger partial charge in [0, 0.05) is 19.1 Å². The molecular weight excluding hydrogens is 344 g/mol. The lowest BCUT2D eigenvalue weighted by atomic mass is 10.00. The Bertz CT molecular complexity index is 809. The van der Waals surface area contributed by atoms with Crippen LogP contribution in [-0.2, 0) is 6.54 Å². The zero-order valence-corrected chi connectivity index (χ0v) is 15.5. The van der Waals surface area contributed by atoms with E-state index in [-0.39, 0.29) is 12.7 Å². The molecule has 142 valence electrons. The molecule has 0 radical (unpaired) electrons. The van der Waals surface area contributed by atoms with Crippen LogP contribution in [0.4, 0.5) is 5.82 Å². The highest BCUT2D eigenvalue weighted by Gasteiger charge is 2.27. The first kappa shape index (κ1) is 17.6. The Balaban J connectivity index is 1.38. The number of ether oxygens (including phenoxy) is 2. The molecule has 1 aromatic heterocycles. The molecule has 7 heteroatoms. The van der Waals surface area contributed by atoms with Crippen molar-refractivity contribution < 1.29 is 14.3 Å². The number of likely N-dealkylation sites (tertiary alicyclic amines) is 1. The van der Waals surface area contributed by atoms with Gasteiger partial charge in [-0.2, -0.15) is 0 Å². The van der Waals surface area contributed by atoms with E-state index in [0.29, 0.717) is 24.1 Å². The fraction of sp³-hybridized carbons (Fsp3) is 0.450. The Morgan fingerprint density at radius 3 is 2.93 bits per heavy atom. The average molecular weight is 368 g/mol. The summed E-state index contributed by atoms with van der Waals surface area (Å²) in [5.41, 5.74) is 1.46. The van der Waals surface area contributed by atoms with Gasteiger partial charge in [-0.1, -0.05) is 13.0 Å². The smallest absolute Gasteiger partial charge is 0.274 e. The van der Waals surface area contributed by atoms with Crippen molar-refractivity contribution in [2.75, 3.05) is 18.7 Å². The molecule has 1 amide bonds. The van der Waals surface area contributed by atoms with Crippen molar-refractivity contribution in [2.24, 2.45) is 0 Å². The molecule has 1 saturated heterocycles. The van der Waals surface area contributed by atoms with Gasteiger partial charge >= 0.3 is 0 Å². The summed E-state index contributed by atoms with van der Waals surface area (Å²) < 4.78 is 10.7. The molecule has 0 spiro atoms. The zero-order valence-electron chi connectivity index (χ0n) is 15.5. The summed E-state index contributed by atoms with van der Waals surface area (Å²) in [7, 11) is 0. The molecule has 1 N–H and O–H groups in total. The maximum atomic E-state index is 12.7. The number of nitrogens with zero attached hydrogens (tertiary/aromatic N) is 3. The molecule has 1 fully saturated rings. The number of fused-ring (bicyclic) bond motifs is 1. The number of carbonyl (C=O) groups excluding carboxylic acids is 1. The molecule has 4 rings (SSSR count). The molecule has 7 nitrogen and oxygen atoms in total. The van der Waals surface area contributed by atoms with E-state index in [1.54, 1.807) is 12.4 Å². The minimum atomic E-state index is -0.0172. The van der Waals surface area contributed by atoms with E-state index < -0.39 is 0 Å². The number of hydrogen-bond acceptors (Lipinski definition) is 6. The Morgan fingerprint density at radius 2 is 2.11 bits per heavy atom. The normalized spacial score (nSPS) is 18.4. The maximum Gasteiger partial charge on any atom is 0.274 e. The second-order valence-electron chi connectivity index (χ2n) is 6.88. The van der Waals surface area contributed by atoms with Crippen LogP contribution >= 0.6 is 0 Å². The Morgan fingerprint density at radius 1 is 1.22 bits per heavy atom. The number of amides is 1. The lowest BCUT2D eigenvalue weighted by Crippen LogP contribution is -2.43. The van der Waals surface area contributed by atoms with Crippen molar-refractivity contribution in [3.05, 3.63) is 41.9 Å². The number of anilines is 1. The number of carbonyl (C=O) groups is 1. The highest BCUT2D eigenvalue weighted by atomic mass is 16.7. The summed E-state index contributed by atoms with van der Waals surface area (Å²) in [5, 5.41) is 3.22. The molecule has 1 atom stereocenters. The standard InChI is InChI=1S/C20H24N4O3/c1-2-15-5-3-4-8-24(15)20(25)16-11-23-19(12-21-16)22-10-14-6-7-17-18(9-14)27-13-26-17/h6-7,9,11-12,15H,2-5,8,10,13H2,1H3,(H,22,23). The third kappa shape index (κ3) is 3.82. The molecule has 2 aliphatic rings. The molecule has 2 aliphatic heterocycles. The molecular formula is C20H24N4O3. The summed E-state index contributed by atoms with van der Waals surface area (Å²) in [4.78, 5) is 23.4. The zero-order chi connectivity index (χ0) is 18.6. The first-order valence-electron chi connectivity index (χ1n) is 9.50. The third-order valence-electron chi connectivity index (χ3n) is 5.14. The van der Waals surface area contributed by atoms with Crippen molar-refractivity contribution in [1.82, 2.24) is 14.9 Å². The molecule has 1 unspecified atom stereocenters. The Kier molecular flexibility index (Phi) is 5.09. The first-order valence-corrected chi connectivity index (χ1v) is 9.50. The van der Waals surface area contributed by atoms with E-state index in [0.717, 1.165) is 42.9 Å². The van der Waals surface area contributed by atoms with Crippen LogP contribution in [0.2, 0.25) is 0 Å². The second kappa shape index (κ2) is 7.82. The van der Waals surface area contributed by atoms with Crippen molar-refractivity contribution in [1.29, 1.82) is 0 Å². The minimum absolute atomic E-state index is 0.0172. The van der Waals surface area contributed by atoms with Gasteiger partial charge in [0.25, 0.3) is 5.91 Å². The second-order valence-corrected chi connectivity index (χ2v) is 6.88. The molecule has 0 aliphatic carbocycles. The van der Waals surface area contributed by atoms with Crippen LogP contribution in [-0.4, -0.2) is 40.2 Å². The van der Waals surface area contributed by atoms with Gasteiger partial charge in [0.15, 0.2) is 11.5 Å². The van der Waals surface area contributed by atoms with E-state index >= 15 is 0 Å². The average Bonchev–Trinajstić information content (AvgIpc) is 3.20. The molecule has 3 heterocycles. The molecule has 1 aromatic carbocycles. The quantitative estimate of drug-likeness (QED) is 0.873. The van der Waals surface area contributed by atoms with E-state index in [2.05, 4.69) is 22.2 Å². The number of benzene rings is 1. The monoisotopic (exact) mass is 368 g/mol. The minimum Gasteiger partial charge on any atom is -0.454 e. The summed E-state index contributed by atoms with van der Waals surface area (Å²) in [6, 6.07) is 6.14. The van der Waals surface area contributed by atoms with Gasteiger partial charge in [-0.05, 0) is 43.4 Å². The largest absolute Gasteiger partial charge is 0.454 e. The van der Waals surface area contributed by atoms with Gasteiger partial charge < -0.3 is 19.7 Å². The number of piperidine rings is 1. The van der Waals surface area contributed by atoms with Crippen LogP contribution in [0.5, 0.6) is 11.5 Å². The highest BCUT2D eigenvalue weighted by molar-refractivity contribution is 5.92. The highest BCUT2D eigenvalue weighted by Crippen LogP contribution is 2.32. The fourth-order valence-corrected chi connectivity index (χ4v) is 3.61.